The Morgan fingerprint density at radius 1 is 0.926 bits per heavy atom. The smallest absolute Gasteiger partial charge is 0.409 e. The monoisotopic (exact) mass is 775 g/mol. The van der Waals surface area contributed by atoms with Crippen LogP contribution in [0.3, 0.4) is 0 Å². The first-order chi connectivity index (χ1) is 26.1. The molecule has 1 aliphatic heterocycles. The van der Waals surface area contributed by atoms with Crippen LogP contribution in [0.15, 0.2) is 77.8 Å². The highest BCUT2D eigenvalue weighted by molar-refractivity contribution is 7.09. The Bertz CT molecular complexity index is 1770. The quantitative estimate of drug-likeness (QED) is 0.103. The van der Waals surface area contributed by atoms with E-state index in [1.807, 2.05) is 66.0 Å². The van der Waals surface area contributed by atoms with Gasteiger partial charge in [0, 0.05) is 43.2 Å². The van der Waals surface area contributed by atoms with E-state index >= 15 is 0 Å². The molecule has 1 saturated heterocycles. The first-order valence-corrected chi connectivity index (χ1v) is 20.0. The number of carbonyl (C=O) groups excluding carboxylic acids is 4. The number of nitrogens with one attached hydrogen (secondary N) is 3. The molecule has 0 spiro atoms. The van der Waals surface area contributed by atoms with Crippen LogP contribution in [0.25, 0.3) is 0 Å². The molecule has 3 atom stereocenters. The summed E-state index contributed by atoms with van der Waals surface area (Å²) >= 11 is 2.97. The first-order valence-electron chi connectivity index (χ1n) is 18.2. The van der Waals surface area contributed by atoms with E-state index in [1.165, 1.54) is 21.1 Å². The first kappa shape index (κ1) is 40.2. The summed E-state index contributed by atoms with van der Waals surface area (Å²) in [5, 5.41) is 12.1. The molecule has 288 valence electrons. The molecule has 5 amide bonds. The molecule has 0 aliphatic carbocycles. The Balaban J connectivity index is 1.28. The summed E-state index contributed by atoms with van der Waals surface area (Å²) in [6.45, 7) is 5.49. The minimum absolute atomic E-state index is 0.126. The van der Waals surface area contributed by atoms with E-state index in [0.717, 1.165) is 26.7 Å². The third kappa shape index (κ3) is 12.8. The Labute approximate surface area is 324 Å². The van der Waals surface area contributed by atoms with Crippen molar-refractivity contribution in [3.8, 4) is 0 Å². The molecule has 4 aromatic rings. The normalized spacial score (nSPS) is 14.2. The van der Waals surface area contributed by atoms with Gasteiger partial charge in [-0.2, -0.15) is 0 Å². The van der Waals surface area contributed by atoms with Crippen LogP contribution in [0.1, 0.15) is 65.7 Å². The lowest BCUT2D eigenvalue weighted by Gasteiger charge is -2.27. The van der Waals surface area contributed by atoms with Gasteiger partial charge >= 0.3 is 18.2 Å². The lowest BCUT2D eigenvalue weighted by atomic mass is 9.95. The molecular weight excluding hydrogens is 727 g/mol. The van der Waals surface area contributed by atoms with Crippen LogP contribution in [-0.2, 0) is 40.3 Å². The Hall–Kier alpha value is -5.02. The highest BCUT2D eigenvalue weighted by Crippen LogP contribution is 2.20. The van der Waals surface area contributed by atoms with Crippen molar-refractivity contribution in [1.82, 2.24) is 35.7 Å². The Morgan fingerprint density at radius 3 is 2.17 bits per heavy atom. The number of hydrogen-bond acceptors (Lipinski definition) is 10. The maximum atomic E-state index is 14.2. The number of rotatable bonds is 19. The zero-order chi connectivity index (χ0) is 38.3. The van der Waals surface area contributed by atoms with Gasteiger partial charge in [0.1, 0.15) is 19.3 Å². The van der Waals surface area contributed by atoms with Gasteiger partial charge in [-0.1, -0.05) is 74.5 Å². The third-order valence-electron chi connectivity index (χ3n) is 8.97. The minimum Gasteiger partial charge on any atom is -0.448 e. The van der Waals surface area contributed by atoms with Crippen molar-refractivity contribution in [2.45, 2.75) is 83.1 Å². The SMILES string of the molecule is CC(C)c1nc(CN(C)C(=O)NC(CCN2CCOC2=O)C(=O)NC(CCC(Cc2ccccc2)NC(=O)OCc2cncs2)Cc2ccccc2)cs1. The fourth-order valence-electron chi connectivity index (χ4n) is 6.03. The number of amides is 5. The number of benzene rings is 2. The van der Waals surface area contributed by atoms with Crippen molar-refractivity contribution in [2.24, 2.45) is 0 Å². The van der Waals surface area contributed by atoms with Gasteiger partial charge in [-0.25, -0.2) is 19.4 Å². The molecule has 0 saturated carbocycles. The number of carbonyl (C=O) groups is 4. The maximum Gasteiger partial charge on any atom is 0.409 e. The summed E-state index contributed by atoms with van der Waals surface area (Å²) in [4.78, 5) is 65.4. The van der Waals surface area contributed by atoms with Crippen LogP contribution >= 0.6 is 22.7 Å². The van der Waals surface area contributed by atoms with Crippen molar-refractivity contribution >= 4 is 46.8 Å². The number of urea groups is 1. The van der Waals surface area contributed by atoms with Gasteiger partial charge in [0.15, 0.2) is 0 Å². The van der Waals surface area contributed by atoms with Crippen LogP contribution < -0.4 is 16.0 Å². The fraction of sp³-hybridized carbons (Fsp3) is 0.436. The zero-order valence-electron chi connectivity index (χ0n) is 30.9. The van der Waals surface area contributed by atoms with Crippen LogP contribution in [0, 0.1) is 0 Å². The summed E-state index contributed by atoms with van der Waals surface area (Å²) < 4.78 is 10.6. The predicted octanol–water partition coefficient (Wildman–Crippen LogP) is 6.12. The molecule has 54 heavy (non-hydrogen) atoms. The molecule has 5 rings (SSSR count). The molecule has 3 heterocycles. The molecule has 2 aromatic heterocycles. The minimum atomic E-state index is -0.937. The molecule has 2 aromatic carbocycles. The summed E-state index contributed by atoms with van der Waals surface area (Å²) in [5.74, 6) is -0.0815. The van der Waals surface area contributed by atoms with Crippen molar-refractivity contribution < 1.29 is 28.7 Å². The van der Waals surface area contributed by atoms with Gasteiger partial charge in [-0.15, -0.1) is 22.7 Å². The lowest BCUT2D eigenvalue weighted by Crippen LogP contribution is -2.53. The molecule has 3 unspecified atom stereocenters. The van der Waals surface area contributed by atoms with Gasteiger partial charge in [0.05, 0.1) is 34.2 Å². The number of hydrogen-bond donors (Lipinski definition) is 3. The number of thiazole rings is 2. The van der Waals surface area contributed by atoms with Crippen molar-refractivity contribution in [3.63, 3.8) is 0 Å². The average Bonchev–Trinajstić information content (AvgIpc) is 3.95. The molecule has 0 bridgehead atoms. The molecule has 13 nitrogen and oxygen atoms in total. The number of cyclic esters (lactones) is 1. The summed E-state index contributed by atoms with van der Waals surface area (Å²) in [5.41, 5.74) is 4.55. The van der Waals surface area contributed by atoms with Gasteiger partial charge in [-0.05, 0) is 43.2 Å². The molecule has 0 radical (unpaired) electrons. The largest absolute Gasteiger partial charge is 0.448 e. The van der Waals surface area contributed by atoms with E-state index in [2.05, 4.69) is 39.8 Å². The summed E-state index contributed by atoms with van der Waals surface area (Å²) in [6, 6.07) is 17.7. The molecular formula is C39H49N7O6S2. The van der Waals surface area contributed by atoms with E-state index in [1.54, 1.807) is 30.1 Å². The molecule has 1 fully saturated rings. The average molecular weight is 776 g/mol. The standard InChI is InChI=1S/C39H49N7O6S2/c1-27(2)36-42-32(25-53-36)23-45(3)37(48)44-34(16-17-46-18-19-51-39(46)50)35(47)41-30(20-28-10-6-4-7-11-28)14-15-31(21-29-12-8-5-9-13-29)43-38(49)52-24-33-22-40-26-54-33/h4-13,22,25-27,30-31,34H,14-21,23-24H2,1-3H3,(H,41,47)(H,43,49)(H,44,48). The van der Waals surface area contributed by atoms with Gasteiger partial charge in [0.25, 0.3) is 0 Å². The predicted molar refractivity (Wildman–Crippen MR) is 208 cm³/mol. The second-order valence-corrected chi connectivity index (χ2v) is 15.5. The van der Waals surface area contributed by atoms with Crippen molar-refractivity contribution in [2.75, 3.05) is 26.7 Å². The van der Waals surface area contributed by atoms with E-state index in [0.29, 0.717) is 32.2 Å². The van der Waals surface area contributed by atoms with Crippen molar-refractivity contribution in [3.05, 3.63) is 104 Å². The molecule has 1 aliphatic rings. The highest BCUT2D eigenvalue weighted by atomic mass is 32.1. The van der Waals surface area contributed by atoms with Crippen LogP contribution in [0.2, 0.25) is 0 Å². The van der Waals surface area contributed by atoms with E-state index in [4.69, 9.17) is 9.47 Å². The number of nitrogens with zero attached hydrogens (tertiary/aromatic N) is 4. The van der Waals surface area contributed by atoms with Crippen molar-refractivity contribution in [1.29, 1.82) is 0 Å². The number of aromatic nitrogens is 2. The Kier molecular flexibility index (Phi) is 15.2. The van der Waals surface area contributed by atoms with Gasteiger partial charge < -0.3 is 35.2 Å². The van der Waals surface area contributed by atoms with E-state index in [-0.39, 0.29) is 56.6 Å². The van der Waals surface area contributed by atoms with Gasteiger partial charge in [-0.3, -0.25) is 9.78 Å². The summed E-state index contributed by atoms with van der Waals surface area (Å²) in [7, 11) is 1.66. The second-order valence-electron chi connectivity index (χ2n) is 13.6. The van der Waals surface area contributed by atoms with Crippen LogP contribution in [-0.4, -0.2) is 88.8 Å². The highest BCUT2D eigenvalue weighted by Gasteiger charge is 2.29. The molecule has 15 heteroatoms. The molecule has 3 N–H and O–H groups in total. The van der Waals surface area contributed by atoms with E-state index < -0.39 is 24.3 Å². The number of ether oxygens (including phenoxy) is 2. The zero-order valence-corrected chi connectivity index (χ0v) is 32.6. The number of alkyl carbamates (subject to hydrolysis) is 1. The summed E-state index contributed by atoms with van der Waals surface area (Å²) in [6.07, 6.45) is 3.05. The van der Waals surface area contributed by atoms with Crippen LogP contribution in [0.4, 0.5) is 14.4 Å². The van der Waals surface area contributed by atoms with Crippen LogP contribution in [0.5, 0.6) is 0 Å². The topological polar surface area (TPSA) is 155 Å². The second kappa shape index (κ2) is 20.4. The fourth-order valence-corrected chi connectivity index (χ4v) is 7.36. The van der Waals surface area contributed by atoms with E-state index in [9.17, 15) is 19.2 Å². The maximum absolute atomic E-state index is 14.2. The van der Waals surface area contributed by atoms with Gasteiger partial charge in [0.2, 0.25) is 5.91 Å². The third-order valence-corrected chi connectivity index (χ3v) is 10.9. The Morgan fingerprint density at radius 2 is 1.59 bits per heavy atom. The lowest BCUT2D eigenvalue weighted by molar-refractivity contribution is -0.124.